The van der Waals surface area contributed by atoms with Crippen molar-refractivity contribution in [1.82, 2.24) is 4.57 Å². The van der Waals surface area contributed by atoms with Gasteiger partial charge in [-0.15, -0.1) is 0 Å². The van der Waals surface area contributed by atoms with E-state index in [1.54, 1.807) is 0 Å². The summed E-state index contributed by atoms with van der Waals surface area (Å²) in [5.74, 6) is -0.755. The number of hydrogen-bond donors (Lipinski definition) is 1. The van der Waals surface area contributed by atoms with Crippen LogP contribution in [-0.4, -0.2) is 15.6 Å². The van der Waals surface area contributed by atoms with E-state index in [4.69, 9.17) is 5.11 Å². The Balaban J connectivity index is 2.57. The van der Waals surface area contributed by atoms with Gasteiger partial charge in [0.05, 0.1) is 11.9 Å². The predicted octanol–water partition coefficient (Wildman–Crippen LogP) is 3.04. The molecular formula is C14H17NO2. The van der Waals surface area contributed by atoms with Crippen LogP contribution in [0.25, 0.3) is 10.9 Å². The summed E-state index contributed by atoms with van der Waals surface area (Å²) in [4.78, 5) is 10.7. The van der Waals surface area contributed by atoms with E-state index in [9.17, 15) is 4.79 Å². The largest absolute Gasteiger partial charge is 0.481 e. The second kappa shape index (κ2) is 4.24. The van der Waals surface area contributed by atoms with Gasteiger partial charge in [-0.05, 0) is 37.5 Å². The molecule has 0 bridgehead atoms. The number of carboxylic acids is 1. The molecule has 2 aromatic rings. The van der Waals surface area contributed by atoms with E-state index in [0.717, 1.165) is 0 Å². The van der Waals surface area contributed by atoms with Gasteiger partial charge in [-0.25, -0.2) is 0 Å². The van der Waals surface area contributed by atoms with Gasteiger partial charge in [-0.2, -0.15) is 0 Å². The lowest BCUT2D eigenvalue weighted by atomic mass is 10.1. The zero-order chi connectivity index (χ0) is 12.6. The molecule has 0 amide bonds. The van der Waals surface area contributed by atoms with Crippen LogP contribution in [0.1, 0.15) is 23.1 Å². The highest BCUT2D eigenvalue weighted by Crippen LogP contribution is 2.27. The number of carbonyl (C=O) groups is 1. The highest BCUT2D eigenvalue weighted by molar-refractivity contribution is 5.89. The minimum atomic E-state index is -0.755. The summed E-state index contributed by atoms with van der Waals surface area (Å²) in [6, 6.07) is 4.21. The Hall–Kier alpha value is -1.77. The molecule has 3 nitrogen and oxygen atoms in total. The van der Waals surface area contributed by atoms with Crippen LogP contribution >= 0.6 is 0 Å². The zero-order valence-corrected chi connectivity index (χ0v) is 10.4. The lowest BCUT2D eigenvalue weighted by molar-refractivity contribution is -0.137. The first-order valence-electron chi connectivity index (χ1n) is 5.78. The lowest BCUT2D eigenvalue weighted by Gasteiger charge is -2.07. The van der Waals surface area contributed by atoms with Crippen LogP contribution in [0.2, 0.25) is 0 Å². The van der Waals surface area contributed by atoms with Gasteiger partial charge in [0.1, 0.15) is 0 Å². The first-order chi connectivity index (χ1) is 8.00. The monoisotopic (exact) mass is 231 g/mol. The van der Waals surface area contributed by atoms with Gasteiger partial charge in [0.25, 0.3) is 0 Å². The normalized spacial score (nSPS) is 11.0. The molecule has 0 atom stereocenters. The van der Waals surface area contributed by atoms with Gasteiger partial charge in [0.15, 0.2) is 0 Å². The van der Waals surface area contributed by atoms with E-state index in [2.05, 4.69) is 37.5 Å². The first kappa shape index (κ1) is 11.7. The summed E-state index contributed by atoms with van der Waals surface area (Å²) in [5, 5.41) is 10.0. The Morgan fingerprint density at radius 1 is 1.18 bits per heavy atom. The first-order valence-corrected chi connectivity index (χ1v) is 5.78. The summed E-state index contributed by atoms with van der Waals surface area (Å²) in [6.07, 6.45) is 2.21. The number of rotatable bonds is 3. The number of carboxylic acid groups (broad SMARTS) is 1. The average molecular weight is 231 g/mol. The van der Waals surface area contributed by atoms with Gasteiger partial charge in [-0.1, -0.05) is 12.1 Å². The van der Waals surface area contributed by atoms with Crippen molar-refractivity contribution in [2.75, 3.05) is 0 Å². The van der Waals surface area contributed by atoms with Crippen LogP contribution in [0, 0.1) is 20.8 Å². The van der Waals surface area contributed by atoms with E-state index in [1.807, 2.05) is 6.20 Å². The zero-order valence-electron chi connectivity index (χ0n) is 10.4. The predicted molar refractivity (Wildman–Crippen MR) is 68.4 cm³/mol. The summed E-state index contributed by atoms with van der Waals surface area (Å²) in [7, 11) is 0. The summed E-state index contributed by atoms with van der Waals surface area (Å²) in [6.45, 7) is 6.77. The highest BCUT2D eigenvalue weighted by Gasteiger charge is 2.10. The molecule has 0 aliphatic rings. The van der Waals surface area contributed by atoms with E-state index in [-0.39, 0.29) is 6.42 Å². The van der Waals surface area contributed by atoms with Crippen molar-refractivity contribution in [3.63, 3.8) is 0 Å². The Labute approximate surface area is 101 Å². The van der Waals surface area contributed by atoms with Crippen molar-refractivity contribution in [1.29, 1.82) is 0 Å². The molecule has 0 unspecified atom stereocenters. The summed E-state index contributed by atoms with van der Waals surface area (Å²) in [5.41, 5.74) is 4.83. The molecule has 90 valence electrons. The van der Waals surface area contributed by atoms with Crippen LogP contribution in [0.15, 0.2) is 18.3 Å². The second-order valence-electron chi connectivity index (χ2n) is 4.57. The lowest BCUT2D eigenvalue weighted by Crippen LogP contribution is -2.04. The molecule has 0 saturated heterocycles. The van der Waals surface area contributed by atoms with Crippen LogP contribution < -0.4 is 0 Å². The minimum absolute atomic E-state index is 0.163. The molecule has 2 rings (SSSR count). The number of aryl methyl sites for hydroxylation is 4. The van der Waals surface area contributed by atoms with Crippen molar-refractivity contribution < 1.29 is 9.90 Å². The van der Waals surface area contributed by atoms with Gasteiger partial charge in [0, 0.05) is 18.1 Å². The molecule has 0 aliphatic heterocycles. The second-order valence-corrected chi connectivity index (χ2v) is 4.57. The molecule has 1 aromatic heterocycles. The maximum atomic E-state index is 10.7. The van der Waals surface area contributed by atoms with E-state index in [1.165, 1.54) is 27.6 Å². The Morgan fingerprint density at radius 3 is 2.47 bits per heavy atom. The van der Waals surface area contributed by atoms with Gasteiger partial charge in [0.2, 0.25) is 0 Å². The molecule has 1 N–H and O–H groups in total. The van der Waals surface area contributed by atoms with Crippen LogP contribution in [0.3, 0.4) is 0 Å². The van der Waals surface area contributed by atoms with Crippen molar-refractivity contribution in [3.05, 3.63) is 35.0 Å². The van der Waals surface area contributed by atoms with Gasteiger partial charge in [-0.3, -0.25) is 4.79 Å². The van der Waals surface area contributed by atoms with E-state index in [0.29, 0.717) is 6.54 Å². The van der Waals surface area contributed by atoms with E-state index >= 15 is 0 Å². The number of hydrogen-bond acceptors (Lipinski definition) is 1. The Kier molecular flexibility index (Phi) is 2.92. The van der Waals surface area contributed by atoms with Crippen molar-refractivity contribution >= 4 is 16.9 Å². The Morgan fingerprint density at radius 2 is 1.82 bits per heavy atom. The number of aromatic nitrogens is 1. The quantitative estimate of drug-likeness (QED) is 0.882. The molecule has 3 heteroatoms. The fraction of sp³-hybridized carbons (Fsp3) is 0.357. The number of nitrogens with zero attached hydrogens (tertiary/aromatic N) is 1. The topological polar surface area (TPSA) is 42.2 Å². The molecule has 1 aromatic carbocycles. The standard InChI is InChI=1S/C14H17NO2/c1-9-4-5-10(2)14-13(9)11(3)8-15(14)7-6-12(16)17/h4-5,8H,6-7H2,1-3H3,(H,16,17). The maximum Gasteiger partial charge on any atom is 0.305 e. The number of benzene rings is 1. The van der Waals surface area contributed by atoms with E-state index < -0.39 is 5.97 Å². The summed E-state index contributed by atoms with van der Waals surface area (Å²) < 4.78 is 2.06. The van der Waals surface area contributed by atoms with Crippen molar-refractivity contribution in [3.8, 4) is 0 Å². The molecule has 17 heavy (non-hydrogen) atoms. The van der Waals surface area contributed by atoms with Crippen LogP contribution in [0.5, 0.6) is 0 Å². The number of aliphatic carboxylic acids is 1. The maximum absolute atomic E-state index is 10.7. The molecule has 0 radical (unpaired) electrons. The van der Waals surface area contributed by atoms with Crippen LogP contribution in [0.4, 0.5) is 0 Å². The minimum Gasteiger partial charge on any atom is -0.481 e. The van der Waals surface area contributed by atoms with Gasteiger partial charge < -0.3 is 9.67 Å². The smallest absolute Gasteiger partial charge is 0.305 e. The molecule has 0 spiro atoms. The molecular weight excluding hydrogens is 214 g/mol. The third-order valence-corrected chi connectivity index (χ3v) is 3.19. The molecule has 1 heterocycles. The number of fused-ring (bicyclic) bond motifs is 1. The van der Waals surface area contributed by atoms with Crippen LogP contribution in [-0.2, 0) is 11.3 Å². The molecule has 0 aliphatic carbocycles. The van der Waals surface area contributed by atoms with Crippen molar-refractivity contribution in [2.24, 2.45) is 0 Å². The Bertz CT molecular complexity index is 581. The molecule has 0 fully saturated rings. The third kappa shape index (κ3) is 2.05. The van der Waals surface area contributed by atoms with Gasteiger partial charge >= 0.3 is 5.97 Å². The SMILES string of the molecule is Cc1ccc(C)c2c1c(C)cn2CCC(=O)O. The fourth-order valence-electron chi connectivity index (χ4n) is 2.42. The van der Waals surface area contributed by atoms with Crippen molar-refractivity contribution in [2.45, 2.75) is 33.7 Å². The fourth-order valence-corrected chi connectivity index (χ4v) is 2.42. The highest BCUT2D eigenvalue weighted by atomic mass is 16.4. The summed E-state index contributed by atoms with van der Waals surface area (Å²) >= 11 is 0. The average Bonchev–Trinajstić information content (AvgIpc) is 2.59. The third-order valence-electron chi connectivity index (χ3n) is 3.19. The molecule has 0 saturated carbocycles.